The molecule has 4 heterocycles. The highest BCUT2D eigenvalue weighted by Crippen LogP contribution is 2.42. The zero-order valence-corrected chi connectivity index (χ0v) is 33.3. The monoisotopic (exact) mass is 811 g/mol. The van der Waals surface area contributed by atoms with Crippen LogP contribution >= 0.6 is 0 Å². The number of furan rings is 2. The molecule has 0 atom stereocenters. The van der Waals surface area contributed by atoms with Crippen LogP contribution in [0.1, 0.15) is 6.85 Å². The molecule has 0 aliphatic carbocycles. The van der Waals surface area contributed by atoms with Crippen LogP contribution in [0.3, 0.4) is 0 Å². The van der Waals surface area contributed by atoms with Crippen LogP contribution in [-0.2, 0) is 0 Å². The van der Waals surface area contributed by atoms with Gasteiger partial charge in [-0.05, 0) is 76.9 Å². The Morgan fingerprint density at radius 2 is 0.937 bits per heavy atom. The number of hydrogen-bond acceptors (Lipinski definition) is 5. The zero-order chi connectivity index (χ0) is 45.8. The lowest BCUT2D eigenvalue weighted by Crippen LogP contribution is -2.01. The number of fused-ring (bicyclic) bond motifs is 9. The molecule has 63 heavy (non-hydrogen) atoms. The van der Waals surface area contributed by atoms with Crippen LogP contribution in [0.15, 0.2) is 215 Å². The number of nitrogens with zero attached hydrogens (tertiary/aromatic N) is 4. The number of para-hydroxylation sites is 4. The van der Waals surface area contributed by atoms with Crippen LogP contribution in [0.25, 0.3) is 128 Å². The summed E-state index contributed by atoms with van der Waals surface area (Å²) in [6.45, 7) is 0. The Labute approximate surface area is 368 Å². The summed E-state index contributed by atoms with van der Waals surface area (Å²) in [4.78, 5) is 15.2. The number of benzene rings is 9. The first-order valence-corrected chi connectivity index (χ1v) is 20.7. The molecule has 294 valence electrons. The van der Waals surface area contributed by atoms with Gasteiger partial charge in [-0.3, -0.25) is 0 Å². The second-order valence-corrected chi connectivity index (χ2v) is 15.6. The fourth-order valence-corrected chi connectivity index (χ4v) is 9.06. The predicted molar refractivity (Wildman–Crippen MR) is 256 cm³/mol. The van der Waals surface area contributed by atoms with Crippen molar-refractivity contribution in [2.24, 2.45) is 0 Å². The van der Waals surface area contributed by atoms with Crippen LogP contribution in [0.2, 0.25) is 0 Å². The number of aromatic nitrogens is 4. The van der Waals surface area contributed by atoms with Crippen molar-refractivity contribution in [3.63, 3.8) is 0 Å². The predicted octanol–water partition coefficient (Wildman–Crippen LogP) is 15.1. The van der Waals surface area contributed by atoms with Crippen LogP contribution in [-0.4, -0.2) is 19.5 Å². The minimum atomic E-state index is -0.515. The molecule has 6 nitrogen and oxygen atoms in total. The van der Waals surface area contributed by atoms with Crippen LogP contribution < -0.4 is 0 Å². The van der Waals surface area contributed by atoms with E-state index in [9.17, 15) is 0 Å². The standard InChI is InChI=1S/C57H34N4O2/c1-3-15-35(16-4-1)37-19-13-20-38(31-37)39-29-30-52-46(32-39)47-33-40(61-49-26-10-7-21-41(49)42-22-8-11-27-50(42)61)34-48(54(47)63-52)57-59-55(36-17-5-2-6-18-36)58-56(60-57)45-25-14-24-44-43-23-9-12-28-51(43)62-53(44)45/h1-34H/i2D,5D,6D,17D,18D. The topological polar surface area (TPSA) is 69.9 Å². The van der Waals surface area contributed by atoms with Crippen molar-refractivity contribution in [2.45, 2.75) is 0 Å². The van der Waals surface area contributed by atoms with Gasteiger partial charge in [-0.2, -0.15) is 0 Å². The molecule has 0 aliphatic rings. The highest BCUT2D eigenvalue weighted by Gasteiger charge is 2.23. The maximum atomic E-state index is 9.05. The van der Waals surface area contributed by atoms with Gasteiger partial charge in [0.15, 0.2) is 17.5 Å². The summed E-state index contributed by atoms with van der Waals surface area (Å²) >= 11 is 0. The van der Waals surface area contributed by atoms with Crippen molar-refractivity contribution >= 4 is 65.7 Å². The lowest BCUT2D eigenvalue weighted by atomic mass is 9.97. The van der Waals surface area contributed by atoms with Gasteiger partial charge < -0.3 is 13.4 Å². The van der Waals surface area contributed by atoms with Gasteiger partial charge in [-0.25, -0.2) is 15.0 Å². The maximum absolute atomic E-state index is 9.05. The first-order chi connectivity index (χ1) is 33.3. The molecular formula is C57H34N4O2. The van der Waals surface area contributed by atoms with E-state index in [2.05, 4.69) is 83.4 Å². The summed E-state index contributed by atoms with van der Waals surface area (Å²) in [5, 5.41) is 5.63. The normalized spacial score (nSPS) is 12.9. The molecule has 13 aromatic rings. The lowest BCUT2D eigenvalue weighted by molar-refractivity contribution is 0.669. The summed E-state index contributed by atoms with van der Waals surface area (Å²) in [6.07, 6.45) is 0. The molecule has 0 saturated carbocycles. The van der Waals surface area contributed by atoms with Crippen molar-refractivity contribution in [2.75, 3.05) is 0 Å². The molecule has 13 rings (SSSR count). The molecule has 0 unspecified atom stereocenters. The van der Waals surface area contributed by atoms with Crippen molar-refractivity contribution in [3.05, 3.63) is 206 Å². The first kappa shape index (κ1) is 30.4. The molecule has 0 aliphatic heterocycles. The summed E-state index contributed by atoms with van der Waals surface area (Å²) in [5.74, 6) is 0.267. The fraction of sp³-hybridized carbons (Fsp3) is 0. The molecule has 0 bridgehead atoms. The van der Waals surface area contributed by atoms with E-state index in [0.29, 0.717) is 33.5 Å². The summed E-state index contributed by atoms with van der Waals surface area (Å²) in [5.41, 5.74) is 10.4. The molecule has 0 fully saturated rings. The average molecular weight is 812 g/mol. The van der Waals surface area contributed by atoms with Gasteiger partial charge in [-0.15, -0.1) is 0 Å². The Morgan fingerprint density at radius 3 is 1.71 bits per heavy atom. The van der Waals surface area contributed by atoms with Gasteiger partial charge in [-0.1, -0.05) is 152 Å². The number of rotatable bonds is 6. The zero-order valence-electron chi connectivity index (χ0n) is 38.3. The van der Waals surface area contributed by atoms with E-state index in [1.54, 1.807) is 0 Å². The van der Waals surface area contributed by atoms with E-state index in [-0.39, 0.29) is 23.0 Å². The third kappa shape index (κ3) is 5.69. The van der Waals surface area contributed by atoms with Gasteiger partial charge in [0.25, 0.3) is 0 Å². The maximum Gasteiger partial charge on any atom is 0.167 e. The van der Waals surface area contributed by atoms with E-state index in [1.165, 1.54) is 0 Å². The average Bonchev–Trinajstić information content (AvgIpc) is 4.07. The first-order valence-electron chi connectivity index (χ1n) is 23.2. The van der Waals surface area contributed by atoms with Crippen LogP contribution in [0, 0.1) is 0 Å². The van der Waals surface area contributed by atoms with Gasteiger partial charge in [0.2, 0.25) is 0 Å². The van der Waals surface area contributed by atoms with Crippen molar-refractivity contribution in [1.29, 1.82) is 0 Å². The highest BCUT2D eigenvalue weighted by molar-refractivity contribution is 6.14. The lowest BCUT2D eigenvalue weighted by Gasteiger charge is -2.12. The van der Waals surface area contributed by atoms with Crippen molar-refractivity contribution in [1.82, 2.24) is 19.5 Å². The van der Waals surface area contributed by atoms with Gasteiger partial charge in [0.05, 0.1) is 29.0 Å². The van der Waals surface area contributed by atoms with E-state index < -0.39 is 30.2 Å². The molecular weight excluding hydrogens is 773 g/mol. The third-order valence-corrected chi connectivity index (χ3v) is 11.9. The van der Waals surface area contributed by atoms with Crippen molar-refractivity contribution in [3.8, 4) is 62.1 Å². The van der Waals surface area contributed by atoms with Gasteiger partial charge >= 0.3 is 0 Å². The summed E-state index contributed by atoms with van der Waals surface area (Å²) in [7, 11) is 0. The summed E-state index contributed by atoms with van der Waals surface area (Å²) < 4.78 is 59.3. The van der Waals surface area contributed by atoms with Crippen LogP contribution in [0.5, 0.6) is 0 Å². The molecule has 0 saturated heterocycles. The second kappa shape index (κ2) is 14.0. The Kier molecular flexibility index (Phi) is 6.75. The second-order valence-electron chi connectivity index (χ2n) is 15.6. The largest absolute Gasteiger partial charge is 0.455 e. The molecule has 0 amide bonds. The van der Waals surface area contributed by atoms with E-state index in [0.717, 1.165) is 71.3 Å². The Morgan fingerprint density at radius 1 is 0.365 bits per heavy atom. The van der Waals surface area contributed by atoms with Gasteiger partial charge in [0, 0.05) is 43.6 Å². The minimum absolute atomic E-state index is 0.0952. The Balaban J connectivity index is 1.12. The fourth-order valence-electron chi connectivity index (χ4n) is 9.06. The molecule has 4 aromatic heterocycles. The highest BCUT2D eigenvalue weighted by atomic mass is 16.3. The molecule has 0 spiro atoms. The van der Waals surface area contributed by atoms with E-state index in [1.807, 2.05) is 97.1 Å². The molecule has 0 radical (unpaired) electrons. The van der Waals surface area contributed by atoms with Crippen molar-refractivity contribution < 1.29 is 15.7 Å². The smallest absolute Gasteiger partial charge is 0.167 e. The molecule has 9 aromatic carbocycles. The van der Waals surface area contributed by atoms with Gasteiger partial charge in [0.1, 0.15) is 22.3 Å². The van der Waals surface area contributed by atoms with E-state index in [4.69, 9.17) is 30.6 Å². The van der Waals surface area contributed by atoms with E-state index >= 15 is 0 Å². The minimum Gasteiger partial charge on any atom is -0.455 e. The molecule has 6 heteroatoms. The quantitative estimate of drug-likeness (QED) is 0.167. The Bertz CT molecular complexity index is 4150. The van der Waals surface area contributed by atoms with Crippen LogP contribution in [0.4, 0.5) is 0 Å². The summed E-state index contributed by atoms with van der Waals surface area (Å²) in [6, 6.07) is 56.9. The third-order valence-electron chi connectivity index (χ3n) is 11.9. The SMILES string of the molecule is [2H]c1c([2H])c([2H])c(-c2nc(-c3cccc4c3oc3ccccc34)nc(-c3cc(-n4c5ccccc5c5ccccc54)cc4c3oc3ccc(-c5cccc(-c6ccccc6)c5)cc34)n2)c([2H])c1[2H]. The molecule has 0 N–H and O–H groups in total. The number of hydrogen-bond donors (Lipinski definition) is 0. The Hall–Kier alpha value is -8.61.